The molecule has 0 aliphatic rings. The second-order valence-corrected chi connectivity index (χ2v) is 11.0. The number of anilines is 3. The summed E-state index contributed by atoms with van der Waals surface area (Å²) in [6.45, 7) is 0. The van der Waals surface area contributed by atoms with Crippen LogP contribution in [-0.2, 0) is 21.1 Å². The number of hydrogen-bond acceptors (Lipinski definition) is 3. The van der Waals surface area contributed by atoms with E-state index in [1.165, 1.54) is 10.8 Å². The number of nitrogens with zero attached hydrogens (tertiary/aromatic N) is 5. The fourth-order valence-corrected chi connectivity index (χ4v) is 6.46. The normalized spacial score (nSPS) is 11.3. The van der Waals surface area contributed by atoms with Gasteiger partial charge in [0.25, 0.3) is 0 Å². The number of hydrogen-bond donors (Lipinski definition) is 0. The number of aromatic nitrogens is 4. The Hall–Kier alpha value is -5.51. The molecule has 0 fully saturated rings. The van der Waals surface area contributed by atoms with Crippen molar-refractivity contribution < 1.29 is 21.1 Å². The van der Waals surface area contributed by atoms with E-state index in [2.05, 4.69) is 123 Å². The fourth-order valence-electron chi connectivity index (χ4n) is 6.46. The molecule has 0 amide bonds. The van der Waals surface area contributed by atoms with Gasteiger partial charge < -0.3 is 14.0 Å². The van der Waals surface area contributed by atoms with E-state index in [1.54, 1.807) is 0 Å². The summed E-state index contributed by atoms with van der Waals surface area (Å²) >= 11 is 0. The largest absolute Gasteiger partial charge is 2.00 e. The second-order valence-electron chi connectivity index (χ2n) is 11.0. The summed E-state index contributed by atoms with van der Waals surface area (Å²) in [5, 5.41) is 4.59. The summed E-state index contributed by atoms with van der Waals surface area (Å²) in [7, 11) is 0. The van der Waals surface area contributed by atoms with Gasteiger partial charge in [0, 0.05) is 29.1 Å². The SMILES string of the molecule is [Pt+2].[c-]1c(N(c2[c-]c3c(cc2)c2ccccc2n3-c2ccccn2)c2ccccc2)ccc2c3ccccc3n(-c3ccccn3)c12. The monoisotopic (exact) mass is 770 g/mol. The standard InChI is InChI=1S/C40H25N5.Pt/c1-2-12-28(13-3-1)43(29-20-22-33-31-14-4-6-16-35(31)44(37(33)26-29)39-18-8-10-24-41-39)30-21-23-34-32-15-5-7-17-36(32)45(38(34)27-30)40-19-9-11-25-42-40;/h1-25H;/q-2;+2. The summed E-state index contributed by atoms with van der Waals surface area (Å²) in [5.74, 6) is 1.72. The number of rotatable bonds is 5. The molecule has 4 aromatic heterocycles. The summed E-state index contributed by atoms with van der Waals surface area (Å²) in [4.78, 5) is 11.7. The summed E-state index contributed by atoms with van der Waals surface area (Å²) in [6.07, 6.45) is 3.67. The maximum absolute atomic E-state index is 4.72. The van der Waals surface area contributed by atoms with Crippen molar-refractivity contribution in [3.63, 3.8) is 0 Å². The van der Waals surface area contributed by atoms with Crippen LogP contribution in [-0.4, -0.2) is 19.1 Å². The van der Waals surface area contributed by atoms with Gasteiger partial charge in [-0.3, -0.25) is 0 Å². The maximum atomic E-state index is 4.72. The Morgan fingerprint density at radius 3 is 1.37 bits per heavy atom. The van der Waals surface area contributed by atoms with Crippen molar-refractivity contribution in [2.24, 2.45) is 0 Å². The fraction of sp³-hybridized carbons (Fsp3) is 0. The van der Waals surface area contributed by atoms with Crippen LogP contribution in [0.15, 0.2) is 152 Å². The Morgan fingerprint density at radius 2 is 0.891 bits per heavy atom. The molecule has 0 saturated heterocycles. The Morgan fingerprint density at radius 1 is 0.435 bits per heavy atom. The Balaban J connectivity index is 0.00000312. The zero-order chi connectivity index (χ0) is 29.7. The molecule has 9 aromatic rings. The molecule has 0 bridgehead atoms. The van der Waals surface area contributed by atoms with E-state index in [-0.39, 0.29) is 21.1 Å². The predicted molar refractivity (Wildman–Crippen MR) is 183 cm³/mol. The molecule has 0 spiro atoms. The molecule has 46 heavy (non-hydrogen) atoms. The molecule has 6 heteroatoms. The van der Waals surface area contributed by atoms with Gasteiger partial charge in [-0.25, -0.2) is 9.97 Å². The third-order valence-corrected chi connectivity index (χ3v) is 8.39. The van der Waals surface area contributed by atoms with Crippen molar-refractivity contribution in [2.75, 3.05) is 4.90 Å². The van der Waals surface area contributed by atoms with Crippen molar-refractivity contribution in [1.82, 2.24) is 19.1 Å². The molecule has 5 nitrogen and oxygen atoms in total. The van der Waals surface area contributed by atoms with Crippen LogP contribution >= 0.6 is 0 Å². The Kier molecular flexibility index (Phi) is 6.97. The zero-order valence-electron chi connectivity index (χ0n) is 24.5. The van der Waals surface area contributed by atoms with Gasteiger partial charge in [-0.1, -0.05) is 89.1 Å². The van der Waals surface area contributed by atoms with E-state index in [9.17, 15) is 0 Å². The maximum Gasteiger partial charge on any atom is 2.00 e. The van der Waals surface area contributed by atoms with Crippen LogP contribution in [0.3, 0.4) is 0 Å². The van der Waals surface area contributed by atoms with Crippen LogP contribution in [0.1, 0.15) is 0 Å². The third kappa shape index (κ3) is 4.43. The molecular formula is C40H25N5Pt. The van der Waals surface area contributed by atoms with E-state index in [1.807, 2.05) is 54.9 Å². The molecule has 4 heterocycles. The second kappa shape index (κ2) is 11.4. The van der Waals surface area contributed by atoms with Crippen molar-refractivity contribution >= 4 is 60.7 Å². The molecular weight excluding hydrogens is 746 g/mol. The van der Waals surface area contributed by atoms with Crippen molar-refractivity contribution in [3.8, 4) is 11.6 Å². The van der Waals surface area contributed by atoms with E-state index >= 15 is 0 Å². The first-order valence-corrected chi connectivity index (χ1v) is 14.9. The predicted octanol–water partition coefficient (Wildman–Crippen LogP) is 9.74. The van der Waals surface area contributed by atoms with Gasteiger partial charge in [-0.05, 0) is 59.3 Å². The number of para-hydroxylation sites is 3. The molecule has 0 N–H and O–H groups in total. The van der Waals surface area contributed by atoms with E-state index in [4.69, 9.17) is 9.97 Å². The van der Waals surface area contributed by atoms with Gasteiger partial charge in [0.2, 0.25) is 0 Å². The average molecular weight is 771 g/mol. The van der Waals surface area contributed by atoms with Gasteiger partial charge in [0.1, 0.15) is 11.6 Å². The topological polar surface area (TPSA) is 38.9 Å². The molecule has 0 saturated carbocycles. The van der Waals surface area contributed by atoms with Gasteiger partial charge in [-0.15, -0.1) is 35.0 Å². The van der Waals surface area contributed by atoms with Crippen LogP contribution in [0.2, 0.25) is 0 Å². The van der Waals surface area contributed by atoms with Crippen LogP contribution in [0, 0.1) is 12.1 Å². The molecule has 0 aliphatic heterocycles. The number of benzene rings is 5. The van der Waals surface area contributed by atoms with Gasteiger partial charge >= 0.3 is 21.1 Å². The van der Waals surface area contributed by atoms with Gasteiger partial charge in [0.05, 0.1) is 0 Å². The minimum atomic E-state index is 0. The van der Waals surface area contributed by atoms with E-state index < -0.39 is 0 Å². The van der Waals surface area contributed by atoms with E-state index in [0.29, 0.717) is 0 Å². The average Bonchev–Trinajstić information content (AvgIpc) is 3.62. The number of fused-ring (bicyclic) bond motifs is 6. The molecule has 0 unspecified atom stereocenters. The minimum absolute atomic E-state index is 0. The van der Waals surface area contributed by atoms with Crippen LogP contribution in [0.5, 0.6) is 0 Å². The van der Waals surface area contributed by atoms with Gasteiger partial charge in [-0.2, -0.15) is 12.1 Å². The summed E-state index contributed by atoms with van der Waals surface area (Å²) in [5.41, 5.74) is 6.96. The molecule has 0 radical (unpaired) electrons. The van der Waals surface area contributed by atoms with E-state index in [0.717, 1.165) is 61.5 Å². The molecule has 0 aliphatic carbocycles. The first-order chi connectivity index (χ1) is 22.3. The molecule has 0 atom stereocenters. The van der Waals surface area contributed by atoms with Crippen molar-refractivity contribution in [3.05, 3.63) is 164 Å². The Bertz CT molecular complexity index is 2330. The first kappa shape index (κ1) is 28.0. The molecule has 220 valence electrons. The smallest absolute Gasteiger partial charge is 0.358 e. The quantitative estimate of drug-likeness (QED) is 0.164. The summed E-state index contributed by atoms with van der Waals surface area (Å²) < 4.78 is 4.40. The van der Waals surface area contributed by atoms with Crippen LogP contribution in [0.4, 0.5) is 17.1 Å². The van der Waals surface area contributed by atoms with Crippen molar-refractivity contribution in [2.45, 2.75) is 0 Å². The minimum Gasteiger partial charge on any atom is -0.358 e. The summed E-state index contributed by atoms with van der Waals surface area (Å²) in [6, 6.07) is 55.7. The van der Waals surface area contributed by atoms with Crippen molar-refractivity contribution in [1.29, 1.82) is 0 Å². The van der Waals surface area contributed by atoms with Crippen LogP contribution < -0.4 is 4.90 Å². The van der Waals surface area contributed by atoms with Gasteiger partial charge in [0.15, 0.2) is 0 Å². The Labute approximate surface area is 280 Å². The first-order valence-electron chi connectivity index (χ1n) is 14.9. The number of pyridine rings is 2. The zero-order valence-corrected chi connectivity index (χ0v) is 26.8. The third-order valence-electron chi connectivity index (χ3n) is 8.39. The molecule has 5 aromatic carbocycles. The molecule has 9 rings (SSSR count). The van der Waals surface area contributed by atoms with Crippen LogP contribution in [0.25, 0.3) is 55.2 Å².